The van der Waals surface area contributed by atoms with E-state index in [-0.39, 0.29) is 0 Å². The summed E-state index contributed by atoms with van der Waals surface area (Å²) in [5, 5.41) is 13.4. The van der Waals surface area contributed by atoms with Crippen molar-refractivity contribution in [1.82, 2.24) is 19.8 Å². The molecule has 2 aromatic heterocycles. The van der Waals surface area contributed by atoms with Crippen molar-refractivity contribution in [1.29, 1.82) is 0 Å². The minimum atomic E-state index is 0.446. The molecule has 0 bridgehead atoms. The molecule has 6 nitrogen and oxygen atoms in total. The first kappa shape index (κ1) is 12.8. The van der Waals surface area contributed by atoms with E-state index in [1.165, 1.54) is 32.1 Å². The molecule has 22 heavy (non-hydrogen) atoms. The van der Waals surface area contributed by atoms with Crippen molar-refractivity contribution in [3.63, 3.8) is 0 Å². The van der Waals surface area contributed by atoms with Gasteiger partial charge in [-0.05, 0) is 49.7 Å². The maximum absolute atomic E-state index is 5.54. The third kappa shape index (κ3) is 2.00. The van der Waals surface area contributed by atoms with Gasteiger partial charge >= 0.3 is 0 Å². The topological polar surface area (TPSA) is 55.5 Å². The summed E-state index contributed by atoms with van der Waals surface area (Å²) in [6.07, 6.45) is 6.07. The predicted octanol–water partition coefficient (Wildman–Crippen LogP) is 2.01. The fourth-order valence-electron chi connectivity index (χ4n) is 3.90. The van der Waals surface area contributed by atoms with Crippen molar-refractivity contribution < 1.29 is 4.74 Å². The van der Waals surface area contributed by atoms with Gasteiger partial charge in [0.2, 0.25) is 0 Å². The third-order valence-corrected chi connectivity index (χ3v) is 5.53. The Labute approximate surface area is 129 Å². The smallest absolute Gasteiger partial charge is 0.178 e. The Morgan fingerprint density at radius 2 is 1.95 bits per heavy atom. The Morgan fingerprint density at radius 3 is 2.77 bits per heavy atom. The summed E-state index contributed by atoms with van der Waals surface area (Å²) in [4.78, 5) is 2.43. The van der Waals surface area contributed by atoms with Crippen LogP contribution in [0.25, 0.3) is 5.65 Å². The van der Waals surface area contributed by atoms with Crippen molar-refractivity contribution in [2.24, 2.45) is 5.41 Å². The quantitative estimate of drug-likeness (QED) is 0.849. The van der Waals surface area contributed by atoms with Crippen LogP contribution in [0.5, 0.6) is 0 Å². The van der Waals surface area contributed by atoms with Crippen LogP contribution in [0.3, 0.4) is 0 Å². The highest BCUT2D eigenvalue weighted by atomic mass is 16.5. The van der Waals surface area contributed by atoms with Gasteiger partial charge < -0.3 is 9.64 Å². The van der Waals surface area contributed by atoms with Gasteiger partial charge in [-0.25, -0.2) is 0 Å². The fourth-order valence-corrected chi connectivity index (χ4v) is 3.90. The molecule has 3 fully saturated rings. The molecular weight excluding hydrogens is 278 g/mol. The summed E-state index contributed by atoms with van der Waals surface area (Å²) in [5.74, 6) is 2.67. The molecular formula is C16H21N5O. The van der Waals surface area contributed by atoms with E-state index < -0.39 is 0 Å². The van der Waals surface area contributed by atoms with Crippen LogP contribution in [0.2, 0.25) is 0 Å². The van der Waals surface area contributed by atoms with Crippen molar-refractivity contribution in [3.05, 3.63) is 18.0 Å². The lowest BCUT2D eigenvalue weighted by molar-refractivity contribution is 0.0254. The van der Waals surface area contributed by atoms with Gasteiger partial charge in [0, 0.05) is 32.2 Å². The first-order valence-electron chi connectivity index (χ1n) is 8.38. The first-order chi connectivity index (χ1) is 10.8. The van der Waals surface area contributed by atoms with Crippen LogP contribution >= 0.6 is 0 Å². The molecule has 1 aliphatic carbocycles. The standard InChI is InChI=1S/C16H21N5O/c1-2-12(1)15-18-17-13-3-4-14(19-21(13)15)20-8-5-16(11-20)6-9-22-10-7-16/h3-4,12H,1-2,5-11H2. The van der Waals surface area contributed by atoms with Gasteiger partial charge in [-0.3, -0.25) is 0 Å². The Balaban J connectivity index is 1.45. The average Bonchev–Trinajstić information content (AvgIpc) is 3.19. The minimum absolute atomic E-state index is 0.446. The Hall–Kier alpha value is -1.69. The molecule has 116 valence electrons. The van der Waals surface area contributed by atoms with Crippen molar-refractivity contribution in [2.45, 2.75) is 38.0 Å². The van der Waals surface area contributed by atoms with Crippen molar-refractivity contribution in [2.75, 3.05) is 31.2 Å². The number of anilines is 1. The molecule has 6 heteroatoms. The summed E-state index contributed by atoms with van der Waals surface area (Å²) in [6.45, 7) is 4.03. The Morgan fingerprint density at radius 1 is 1.09 bits per heavy atom. The van der Waals surface area contributed by atoms with E-state index in [0.29, 0.717) is 11.3 Å². The molecule has 4 heterocycles. The van der Waals surface area contributed by atoms with Crippen LogP contribution in [-0.2, 0) is 4.74 Å². The van der Waals surface area contributed by atoms with E-state index in [1.807, 2.05) is 4.52 Å². The number of aromatic nitrogens is 4. The largest absolute Gasteiger partial charge is 0.381 e. The van der Waals surface area contributed by atoms with Crippen LogP contribution in [0.1, 0.15) is 43.8 Å². The summed E-state index contributed by atoms with van der Waals surface area (Å²) in [6, 6.07) is 4.15. The molecule has 2 aromatic rings. The van der Waals surface area contributed by atoms with Gasteiger partial charge in [-0.2, -0.15) is 4.52 Å². The maximum Gasteiger partial charge on any atom is 0.178 e. The second kappa shape index (κ2) is 4.65. The Kier molecular flexibility index (Phi) is 2.71. The van der Waals surface area contributed by atoms with Crippen molar-refractivity contribution in [3.8, 4) is 0 Å². The summed E-state index contributed by atoms with van der Waals surface area (Å²) >= 11 is 0. The molecule has 0 unspecified atom stereocenters. The van der Waals surface area contributed by atoms with Gasteiger partial charge in [-0.15, -0.1) is 15.3 Å². The van der Waals surface area contributed by atoms with E-state index in [2.05, 4.69) is 27.2 Å². The number of nitrogens with zero attached hydrogens (tertiary/aromatic N) is 5. The lowest BCUT2D eigenvalue weighted by atomic mass is 9.80. The molecule has 3 aliphatic rings. The highest BCUT2D eigenvalue weighted by Gasteiger charge is 2.40. The second-order valence-electron chi connectivity index (χ2n) is 7.08. The van der Waals surface area contributed by atoms with Gasteiger partial charge in [0.05, 0.1) is 0 Å². The molecule has 5 rings (SSSR count). The van der Waals surface area contributed by atoms with E-state index in [9.17, 15) is 0 Å². The number of hydrogen-bond acceptors (Lipinski definition) is 5. The fraction of sp³-hybridized carbons (Fsp3) is 0.688. The highest BCUT2D eigenvalue weighted by molar-refractivity contribution is 5.47. The Bertz CT molecular complexity index is 702. The lowest BCUT2D eigenvalue weighted by Gasteiger charge is -2.33. The van der Waals surface area contributed by atoms with Gasteiger partial charge in [-0.1, -0.05) is 0 Å². The monoisotopic (exact) mass is 299 g/mol. The molecule has 0 N–H and O–H groups in total. The molecule has 1 spiro atoms. The molecule has 2 aliphatic heterocycles. The van der Waals surface area contributed by atoms with Crippen LogP contribution in [0.15, 0.2) is 12.1 Å². The predicted molar refractivity (Wildman–Crippen MR) is 82.1 cm³/mol. The van der Waals surface area contributed by atoms with Gasteiger partial charge in [0.15, 0.2) is 11.5 Å². The van der Waals surface area contributed by atoms with E-state index in [4.69, 9.17) is 9.84 Å². The average molecular weight is 299 g/mol. The van der Waals surface area contributed by atoms with Crippen molar-refractivity contribution >= 4 is 11.5 Å². The second-order valence-corrected chi connectivity index (χ2v) is 7.08. The molecule has 0 aromatic carbocycles. The van der Waals surface area contributed by atoms with Crippen LogP contribution < -0.4 is 4.90 Å². The first-order valence-corrected chi connectivity index (χ1v) is 8.38. The summed E-state index contributed by atoms with van der Waals surface area (Å²) in [7, 11) is 0. The molecule has 0 radical (unpaired) electrons. The summed E-state index contributed by atoms with van der Waals surface area (Å²) in [5.41, 5.74) is 1.31. The molecule has 0 amide bonds. The number of rotatable bonds is 2. The number of hydrogen-bond donors (Lipinski definition) is 0. The van der Waals surface area contributed by atoms with E-state index in [1.54, 1.807) is 0 Å². The maximum atomic E-state index is 5.54. The van der Waals surface area contributed by atoms with Gasteiger partial charge in [0.1, 0.15) is 5.82 Å². The zero-order valence-corrected chi connectivity index (χ0v) is 12.7. The number of fused-ring (bicyclic) bond motifs is 1. The lowest BCUT2D eigenvalue weighted by Crippen LogP contribution is -2.33. The van der Waals surface area contributed by atoms with Gasteiger partial charge in [0.25, 0.3) is 0 Å². The van der Waals surface area contributed by atoms with Crippen LogP contribution in [0, 0.1) is 5.41 Å². The normalized spacial score (nSPS) is 24.5. The van der Waals surface area contributed by atoms with Crippen LogP contribution in [0.4, 0.5) is 5.82 Å². The zero-order chi connectivity index (χ0) is 14.6. The third-order valence-electron chi connectivity index (χ3n) is 5.53. The molecule has 2 saturated heterocycles. The molecule has 1 saturated carbocycles. The van der Waals surface area contributed by atoms with E-state index in [0.717, 1.165) is 43.6 Å². The number of ether oxygens (including phenoxy) is 1. The van der Waals surface area contributed by atoms with E-state index >= 15 is 0 Å². The summed E-state index contributed by atoms with van der Waals surface area (Å²) < 4.78 is 7.50. The SMILES string of the molecule is c1cc2nnc(C3CC3)n2nc1N1CCC2(CCOCC2)C1. The zero-order valence-electron chi connectivity index (χ0n) is 12.7. The van der Waals surface area contributed by atoms with Crippen LogP contribution in [-0.4, -0.2) is 46.1 Å². The minimum Gasteiger partial charge on any atom is -0.381 e. The molecule has 0 atom stereocenters. The highest BCUT2D eigenvalue weighted by Crippen LogP contribution is 2.41.